The molecule has 1 N–H and O–H groups in total. The first-order valence-corrected chi connectivity index (χ1v) is 7.65. The Labute approximate surface area is 126 Å². The van der Waals surface area contributed by atoms with Gasteiger partial charge in [0.25, 0.3) is 0 Å². The van der Waals surface area contributed by atoms with Crippen molar-refractivity contribution >= 4 is 0 Å². The van der Waals surface area contributed by atoms with Crippen molar-refractivity contribution in [3.8, 4) is 0 Å². The summed E-state index contributed by atoms with van der Waals surface area (Å²) >= 11 is 0. The zero-order valence-electron chi connectivity index (χ0n) is 12.8. The topological polar surface area (TPSA) is 24.9 Å². The SMILES string of the molecule is CCCNC(Cc1ccc(CC)cn1)c1ccc(F)cc1. The van der Waals surface area contributed by atoms with Gasteiger partial charge in [-0.2, -0.15) is 0 Å². The highest BCUT2D eigenvalue weighted by Gasteiger charge is 2.12. The van der Waals surface area contributed by atoms with Gasteiger partial charge in [0.2, 0.25) is 0 Å². The molecule has 21 heavy (non-hydrogen) atoms. The fraction of sp³-hybridized carbons (Fsp3) is 0.389. The molecule has 0 fully saturated rings. The van der Waals surface area contributed by atoms with Gasteiger partial charge in [0.15, 0.2) is 0 Å². The van der Waals surface area contributed by atoms with Crippen molar-refractivity contribution in [3.63, 3.8) is 0 Å². The Morgan fingerprint density at radius 2 is 1.86 bits per heavy atom. The van der Waals surface area contributed by atoms with E-state index in [4.69, 9.17) is 0 Å². The van der Waals surface area contributed by atoms with Gasteiger partial charge in [0.05, 0.1) is 0 Å². The lowest BCUT2D eigenvalue weighted by molar-refractivity contribution is 0.523. The Bertz CT molecular complexity index is 534. The van der Waals surface area contributed by atoms with Gasteiger partial charge in [-0.15, -0.1) is 0 Å². The molecule has 0 spiro atoms. The molecule has 0 amide bonds. The second-order valence-corrected chi connectivity index (χ2v) is 5.27. The average molecular weight is 286 g/mol. The molecule has 1 unspecified atom stereocenters. The van der Waals surface area contributed by atoms with E-state index >= 15 is 0 Å². The molecule has 3 heteroatoms. The molecule has 1 atom stereocenters. The summed E-state index contributed by atoms with van der Waals surface area (Å²) in [5.41, 5.74) is 3.41. The maximum atomic E-state index is 13.1. The highest BCUT2D eigenvalue weighted by atomic mass is 19.1. The summed E-state index contributed by atoms with van der Waals surface area (Å²) in [6.07, 6.45) is 4.83. The third-order valence-corrected chi connectivity index (χ3v) is 3.62. The van der Waals surface area contributed by atoms with Crippen molar-refractivity contribution in [1.82, 2.24) is 10.3 Å². The van der Waals surface area contributed by atoms with Gasteiger partial charge in [-0.1, -0.05) is 32.0 Å². The van der Waals surface area contributed by atoms with E-state index in [1.54, 1.807) is 0 Å². The van der Waals surface area contributed by atoms with Crippen molar-refractivity contribution in [2.45, 2.75) is 39.2 Å². The Balaban J connectivity index is 2.13. The van der Waals surface area contributed by atoms with Crippen LogP contribution in [-0.2, 0) is 12.8 Å². The summed E-state index contributed by atoms with van der Waals surface area (Å²) in [5, 5.41) is 3.52. The van der Waals surface area contributed by atoms with Gasteiger partial charge in [0, 0.05) is 24.4 Å². The molecular formula is C18H23FN2. The smallest absolute Gasteiger partial charge is 0.123 e. The Hall–Kier alpha value is -1.74. The number of aryl methyl sites for hydroxylation is 1. The van der Waals surface area contributed by atoms with E-state index in [0.29, 0.717) is 0 Å². The van der Waals surface area contributed by atoms with Crippen LogP contribution in [0.1, 0.15) is 43.1 Å². The van der Waals surface area contributed by atoms with E-state index in [9.17, 15) is 4.39 Å². The Kier molecular flexibility index (Phi) is 5.88. The largest absolute Gasteiger partial charge is 0.310 e. The summed E-state index contributed by atoms with van der Waals surface area (Å²) in [7, 11) is 0. The van der Waals surface area contributed by atoms with Gasteiger partial charge < -0.3 is 5.32 Å². The normalized spacial score (nSPS) is 12.3. The van der Waals surface area contributed by atoms with Crippen LogP contribution in [0.2, 0.25) is 0 Å². The molecule has 0 saturated heterocycles. The van der Waals surface area contributed by atoms with Crippen LogP contribution in [0.4, 0.5) is 4.39 Å². The molecule has 0 saturated carbocycles. The van der Waals surface area contributed by atoms with E-state index in [-0.39, 0.29) is 11.9 Å². The standard InChI is InChI=1S/C18H23FN2/c1-3-11-20-18(15-6-8-16(19)9-7-15)12-17-10-5-14(4-2)13-21-17/h5-10,13,18,20H,3-4,11-12H2,1-2H3. The fourth-order valence-corrected chi connectivity index (χ4v) is 2.32. The van der Waals surface area contributed by atoms with Crippen LogP contribution < -0.4 is 5.32 Å². The van der Waals surface area contributed by atoms with Crippen LogP contribution in [0.25, 0.3) is 0 Å². The number of benzene rings is 1. The first-order chi connectivity index (χ1) is 10.2. The van der Waals surface area contributed by atoms with Crippen LogP contribution in [0.5, 0.6) is 0 Å². The van der Waals surface area contributed by atoms with Gasteiger partial charge in [-0.25, -0.2) is 4.39 Å². The predicted molar refractivity (Wildman–Crippen MR) is 84.8 cm³/mol. The van der Waals surface area contributed by atoms with Crippen LogP contribution in [0.3, 0.4) is 0 Å². The van der Waals surface area contributed by atoms with Crippen molar-refractivity contribution in [3.05, 3.63) is 65.2 Å². The molecule has 0 aliphatic carbocycles. The molecular weight excluding hydrogens is 263 g/mol. The number of nitrogens with one attached hydrogen (secondary N) is 1. The van der Waals surface area contributed by atoms with E-state index < -0.39 is 0 Å². The highest BCUT2D eigenvalue weighted by Crippen LogP contribution is 2.18. The number of pyridine rings is 1. The van der Waals surface area contributed by atoms with Crippen molar-refractivity contribution in [2.75, 3.05) is 6.54 Å². The second kappa shape index (κ2) is 7.89. The third kappa shape index (κ3) is 4.64. The lowest BCUT2D eigenvalue weighted by Gasteiger charge is -2.19. The Morgan fingerprint density at radius 3 is 2.43 bits per heavy atom. The quantitative estimate of drug-likeness (QED) is 0.830. The summed E-state index contributed by atoms with van der Waals surface area (Å²) in [6, 6.07) is 11.1. The van der Waals surface area contributed by atoms with Crippen LogP contribution in [0, 0.1) is 5.82 Å². The van der Waals surface area contributed by atoms with E-state index in [2.05, 4.69) is 36.3 Å². The minimum Gasteiger partial charge on any atom is -0.310 e. The number of halogens is 1. The van der Waals surface area contributed by atoms with Crippen molar-refractivity contribution < 1.29 is 4.39 Å². The first kappa shape index (κ1) is 15.6. The Morgan fingerprint density at radius 1 is 1.10 bits per heavy atom. The third-order valence-electron chi connectivity index (χ3n) is 3.62. The van der Waals surface area contributed by atoms with Gasteiger partial charge in [-0.3, -0.25) is 4.98 Å². The molecule has 1 aromatic carbocycles. The number of hydrogen-bond acceptors (Lipinski definition) is 2. The highest BCUT2D eigenvalue weighted by molar-refractivity contribution is 5.23. The minimum absolute atomic E-state index is 0.172. The molecule has 112 valence electrons. The summed E-state index contributed by atoms with van der Waals surface area (Å²) < 4.78 is 13.1. The van der Waals surface area contributed by atoms with E-state index in [1.165, 1.54) is 17.7 Å². The average Bonchev–Trinajstić information content (AvgIpc) is 2.53. The molecule has 0 bridgehead atoms. The molecule has 2 nitrogen and oxygen atoms in total. The molecule has 1 heterocycles. The fourth-order valence-electron chi connectivity index (χ4n) is 2.32. The molecule has 2 rings (SSSR count). The van der Waals surface area contributed by atoms with Gasteiger partial charge in [-0.05, 0) is 48.7 Å². The van der Waals surface area contributed by atoms with Crippen molar-refractivity contribution in [2.24, 2.45) is 0 Å². The maximum absolute atomic E-state index is 13.1. The lowest BCUT2D eigenvalue weighted by Crippen LogP contribution is -2.24. The second-order valence-electron chi connectivity index (χ2n) is 5.27. The molecule has 0 radical (unpaired) electrons. The molecule has 2 aromatic rings. The van der Waals surface area contributed by atoms with Crippen LogP contribution >= 0.6 is 0 Å². The van der Waals surface area contributed by atoms with Crippen molar-refractivity contribution in [1.29, 1.82) is 0 Å². The first-order valence-electron chi connectivity index (χ1n) is 7.65. The summed E-state index contributed by atoms with van der Waals surface area (Å²) in [5.74, 6) is -0.196. The molecule has 0 aliphatic heterocycles. The summed E-state index contributed by atoms with van der Waals surface area (Å²) in [6.45, 7) is 5.21. The zero-order chi connectivity index (χ0) is 15.1. The number of aromatic nitrogens is 1. The van der Waals surface area contributed by atoms with Gasteiger partial charge >= 0.3 is 0 Å². The maximum Gasteiger partial charge on any atom is 0.123 e. The van der Waals surface area contributed by atoms with E-state index in [0.717, 1.165) is 37.1 Å². The monoisotopic (exact) mass is 286 g/mol. The lowest BCUT2D eigenvalue weighted by atomic mass is 10.0. The van der Waals surface area contributed by atoms with Gasteiger partial charge in [0.1, 0.15) is 5.82 Å². The van der Waals surface area contributed by atoms with E-state index in [1.807, 2.05) is 18.3 Å². The van der Waals surface area contributed by atoms with Crippen LogP contribution in [0.15, 0.2) is 42.6 Å². The zero-order valence-corrected chi connectivity index (χ0v) is 12.8. The molecule has 0 aliphatic rings. The molecule has 1 aromatic heterocycles. The number of rotatable bonds is 7. The predicted octanol–water partition coefficient (Wildman–Crippen LogP) is 4.07. The number of nitrogens with zero attached hydrogens (tertiary/aromatic N) is 1. The number of hydrogen-bond donors (Lipinski definition) is 1. The summed E-state index contributed by atoms with van der Waals surface area (Å²) in [4.78, 5) is 4.53. The minimum atomic E-state index is -0.196. The van der Waals surface area contributed by atoms with Crippen LogP contribution in [-0.4, -0.2) is 11.5 Å².